The average Bonchev–Trinajstić information content (AvgIpc) is 3.51. The van der Waals surface area contributed by atoms with Gasteiger partial charge in [-0.2, -0.15) is 10.2 Å². The van der Waals surface area contributed by atoms with Gasteiger partial charge < -0.3 is 20.1 Å². The lowest BCUT2D eigenvalue weighted by Crippen LogP contribution is -2.52. The maximum absolute atomic E-state index is 12.6. The van der Waals surface area contributed by atoms with Crippen LogP contribution >= 0.6 is 0 Å². The lowest BCUT2D eigenvalue weighted by Gasteiger charge is -2.38. The molecule has 2 aromatic rings. The van der Waals surface area contributed by atoms with Gasteiger partial charge in [0.25, 0.3) is 5.91 Å². The Morgan fingerprint density at radius 2 is 2.12 bits per heavy atom. The molecule has 32 heavy (non-hydrogen) atoms. The molecule has 2 heterocycles. The molecule has 4 saturated carbocycles. The zero-order valence-corrected chi connectivity index (χ0v) is 18.5. The number of nitrogens with one attached hydrogen (secondary N) is 3. The number of aryl methyl sites for hydroxylation is 1. The molecule has 0 spiro atoms. The second kappa shape index (κ2) is 8.23. The fourth-order valence-electron chi connectivity index (χ4n) is 5.57. The van der Waals surface area contributed by atoms with Crippen LogP contribution in [0.5, 0.6) is 0 Å². The molecule has 6 rings (SSSR count). The first-order valence-corrected chi connectivity index (χ1v) is 11.3. The first-order chi connectivity index (χ1) is 15.4. The van der Waals surface area contributed by atoms with Crippen LogP contribution in [0.4, 0.5) is 10.6 Å². The first kappa shape index (κ1) is 21.0. The first-order valence-electron chi connectivity index (χ1n) is 11.3. The van der Waals surface area contributed by atoms with Gasteiger partial charge in [0.2, 0.25) is 0 Å². The Morgan fingerprint density at radius 3 is 2.88 bits per heavy atom. The van der Waals surface area contributed by atoms with Gasteiger partial charge in [-0.1, -0.05) is 0 Å². The molecule has 10 heteroatoms. The van der Waals surface area contributed by atoms with Gasteiger partial charge in [-0.3, -0.25) is 14.6 Å². The summed E-state index contributed by atoms with van der Waals surface area (Å²) in [7, 11) is 3.30. The Bertz CT molecular complexity index is 1000. The summed E-state index contributed by atoms with van der Waals surface area (Å²) in [6.45, 7) is 0.345. The van der Waals surface area contributed by atoms with E-state index in [1.54, 1.807) is 20.2 Å². The third-order valence-corrected chi connectivity index (χ3v) is 7.15. The predicted molar refractivity (Wildman–Crippen MR) is 115 cm³/mol. The molecule has 4 aliphatic rings. The summed E-state index contributed by atoms with van der Waals surface area (Å²) in [6, 6.07) is 3.55. The second-order valence-corrected chi connectivity index (χ2v) is 9.50. The van der Waals surface area contributed by atoms with E-state index < -0.39 is 0 Å². The van der Waals surface area contributed by atoms with E-state index in [4.69, 9.17) is 9.47 Å². The largest absolute Gasteiger partial charge is 0.446 e. The number of aromatic nitrogens is 4. The molecular weight excluding hydrogens is 412 g/mol. The van der Waals surface area contributed by atoms with Crippen molar-refractivity contribution in [2.45, 2.75) is 69.1 Å². The van der Waals surface area contributed by atoms with Crippen molar-refractivity contribution < 1.29 is 19.1 Å². The molecule has 3 N–H and O–H groups in total. The summed E-state index contributed by atoms with van der Waals surface area (Å²) in [5, 5.41) is 17.4. The minimum atomic E-state index is -0.283. The molecule has 0 aromatic carbocycles. The molecule has 0 saturated heterocycles. The molecule has 2 atom stereocenters. The number of methoxy groups -OCH3 is 1. The molecular formula is C22H30N6O4. The van der Waals surface area contributed by atoms with Gasteiger partial charge in [-0.25, -0.2) is 4.79 Å². The van der Waals surface area contributed by atoms with E-state index in [-0.39, 0.29) is 29.6 Å². The molecule has 10 nitrogen and oxygen atoms in total. The minimum absolute atomic E-state index is 0.00837. The predicted octanol–water partition coefficient (Wildman–Crippen LogP) is 2.85. The lowest BCUT2D eigenvalue weighted by molar-refractivity contribution is 0.0797. The number of alkyl carbamates (subject to hydrolysis) is 1. The molecule has 4 fully saturated rings. The number of ether oxygens (including phenoxy) is 2. The van der Waals surface area contributed by atoms with Crippen molar-refractivity contribution in [1.29, 1.82) is 0 Å². The van der Waals surface area contributed by atoms with Crippen molar-refractivity contribution in [3.8, 4) is 0 Å². The van der Waals surface area contributed by atoms with Crippen LogP contribution in [-0.2, 0) is 23.1 Å². The maximum atomic E-state index is 12.6. The smallest absolute Gasteiger partial charge is 0.407 e. The molecule has 4 aliphatic carbocycles. The van der Waals surface area contributed by atoms with E-state index in [2.05, 4.69) is 25.9 Å². The average molecular weight is 443 g/mol. The van der Waals surface area contributed by atoms with Crippen molar-refractivity contribution >= 4 is 17.8 Å². The lowest BCUT2D eigenvalue weighted by atomic mass is 9.77. The van der Waals surface area contributed by atoms with E-state index in [9.17, 15) is 9.59 Å². The third-order valence-electron chi connectivity index (χ3n) is 7.15. The molecule has 2 bridgehead atoms. The maximum Gasteiger partial charge on any atom is 0.407 e. The van der Waals surface area contributed by atoms with Gasteiger partial charge in [-0.15, -0.1) is 0 Å². The topological polar surface area (TPSA) is 123 Å². The van der Waals surface area contributed by atoms with Gasteiger partial charge in [0.05, 0.1) is 12.3 Å². The Hall–Kier alpha value is -2.88. The van der Waals surface area contributed by atoms with Crippen LogP contribution in [0.2, 0.25) is 0 Å². The number of hydrogen-bond acceptors (Lipinski definition) is 6. The number of fused-ring (bicyclic) bond motifs is 1. The number of hydrogen-bond donors (Lipinski definition) is 3. The van der Waals surface area contributed by atoms with Crippen LogP contribution in [0.1, 0.15) is 72.7 Å². The van der Waals surface area contributed by atoms with E-state index in [0.29, 0.717) is 23.8 Å². The van der Waals surface area contributed by atoms with Gasteiger partial charge in [0.1, 0.15) is 11.8 Å². The van der Waals surface area contributed by atoms with Gasteiger partial charge in [0.15, 0.2) is 5.82 Å². The highest BCUT2D eigenvalue weighted by molar-refractivity contribution is 6.02. The minimum Gasteiger partial charge on any atom is -0.446 e. The van der Waals surface area contributed by atoms with Crippen LogP contribution in [-0.4, -0.2) is 50.7 Å². The number of aromatic amines is 1. The number of carbonyl (C=O) groups excluding carboxylic acids is 2. The Balaban J connectivity index is 1.13. The van der Waals surface area contributed by atoms with Gasteiger partial charge >= 0.3 is 6.09 Å². The fourth-order valence-corrected chi connectivity index (χ4v) is 5.57. The van der Waals surface area contributed by atoms with Gasteiger partial charge in [-0.05, 0) is 56.9 Å². The van der Waals surface area contributed by atoms with Crippen LogP contribution in [0.3, 0.4) is 0 Å². The summed E-state index contributed by atoms with van der Waals surface area (Å²) in [4.78, 5) is 24.9. The van der Waals surface area contributed by atoms with E-state index in [1.165, 1.54) is 11.1 Å². The van der Waals surface area contributed by atoms with Crippen molar-refractivity contribution in [2.24, 2.45) is 13.0 Å². The van der Waals surface area contributed by atoms with Crippen LogP contribution in [0.25, 0.3) is 0 Å². The molecule has 0 radical (unpaired) electrons. The molecule has 2 aromatic heterocycles. The highest BCUT2D eigenvalue weighted by atomic mass is 16.6. The fraction of sp³-hybridized carbons (Fsp3) is 0.636. The monoisotopic (exact) mass is 442 g/mol. The Kier molecular flexibility index (Phi) is 5.40. The Morgan fingerprint density at radius 1 is 1.28 bits per heavy atom. The van der Waals surface area contributed by atoms with Crippen molar-refractivity contribution in [2.75, 3.05) is 12.4 Å². The summed E-state index contributed by atoms with van der Waals surface area (Å²) in [5.74, 6) is 1.19. The highest BCUT2D eigenvalue weighted by Crippen LogP contribution is 2.51. The standard InChI is InChI=1S/C22H30N6O4/c1-28-18(8-15(27-28)12-31-2)20(29)23-19-9-17(25-26-19)14-3-4-16(7-14)32-21(30)24-22-6-5-13(10-22)11-22/h8-9,13-14,16H,3-7,10-12H2,1-2H3,(H,24,30)(H2,23,25,26,29)/t13?,14-,16+,22?/m0/s1. The van der Waals surface area contributed by atoms with Crippen LogP contribution < -0.4 is 10.6 Å². The van der Waals surface area contributed by atoms with Crippen LogP contribution in [0, 0.1) is 5.92 Å². The van der Waals surface area contributed by atoms with Crippen molar-refractivity contribution in [3.63, 3.8) is 0 Å². The summed E-state index contributed by atoms with van der Waals surface area (Å²) < 4.78 is 12.3. The highest BCUT2D eigenvalue weighted by Gasteiger charge is 2.51. The van der Waals surface area contributed by atoms with E-state index in [0.717, 1.165) is 50.1 Å². The quantitative estimate of drug-likeness (QED) is 0.606. The normalized spacial score (nSPS) is 28.4. The summed E-state index contributed by atoms with van der Waals surface area (Å²) >= 11 is 0. The second-order valence-electron chi connectivity index (χ2n) is 9.50. The van der Waals surface area contributed by atoms with E-state index >= 15 is 0 Å². The van der Waals surface area contributed by atoms with Crippen molar-refractivity contribution in [3.05, 3.63) is 29.2 Å². The molecule has 0 unspecified atom stereocenters. The Labute approximate surface area is 186 Å². The zero-order chi connectivity index (χ0) is 22.3. The number of rotatable bonds is 7. The summed E-state index contributed by atoms with van der Waals surface area (Å²) in [6.07, 6.45) is 6.61. The van der Waals surface area contributed by atoms with Crippen molar-refractivity contribution in [1.82, 2.24) is 25.3 Å². The third kappa shape index (κ3) is 4.11. The zero-order valence-electron chi connectivity index (χ0n) is 18.5. The number of H-pyrrole nitrogens is 1. The van der Waals surface area contributed by atoms with Crippen LogP contribution in [0.15, 0.2) is 12.1 Å². The number of amides is 2. The summed E-state index contributed by atoms with van der Waals surface area (Å²) in [5.41, 5.74) is 2.07. The molecule has 2 amide bonds. The molecule has 0 aliphatic heterocycles. The van der Waals surface area contributed by atoms with Gasteiger partial charge in [0, 0.05) is 37.4 Å². The number of nitrogens with zero attached hydrogens (tertiary/aromatic N) is 3. The van der Waals surface area contributed by atoms with E-state index in [1.807, 2.05) is 6.07 Å². The molecule has 172 valence electrons. The SMILES string of the molecule is COCc1cc(C(=O)Nc2cc([C@H]3CC[C@@H](OC(=O)NC45CCC(C4)C5)C3)[nH]n2)n(C)n1. The number of anilines is 1. The number of carbonyl (C=O) groups is 2.